The van der Waals surface area contributed by atoms with Crippen molar-refractivity contribution in [3.63, 3.8) is 0 Å². The zero-order valence-corrected chi connectivity index (χ0v) is 13.6. The maximum Gasteiger partial charge on any atom is 0.306 e. The standard InChI is InChI=1S/C15H18BrNO4/c1-9-3-4-13(12(16)5-9)21-8-14(18)17-6-11(7-17)10(2)15(19)20/h3-5,10-11H,6-8H2,1-2H3,(H,19,20). The molecular formula is C15H18BrNO4. The highest BCUT2D eigenvalue weighted by Crippen LogP contribution is 2.27. The van der Waals surface area contributed by atoms with E-state index in [0.29, 0.717) is 18.8 Å². The van der Waals surface area contributed by atoms with E-state index in [4.69, 9.17) is 9.84 Å². The van der Waals surface area contributed by atoms with Crippen LogP contribution in [0.2, 0.25) is 0 Å². The average Bonchev–Trinajstić information content (AvgIpc) is 2.35. The molecule has 1 aromatic rings. The Balaban J connectivity index is 1.80. The summed E-state index contributed by atoms with van der Waals surface area (Å²) in [5.74, 6) is -0.674. The topological polar surface area (TPSA) is 66.8 Å². The molecule has 1 saturated heterocycles. The third kappa shape index (κ3) is 3.75. The molecule has 0 aliphatic carbocycles. The fraction of sp³-hybridized carbons (Fsp3) is 0.467. The van der Waals surface area contributed by atoms with E-state index in [1.165, 1.54) is 0 Å². The summed E-state index contributed by atoms with van der Waals surface area (Å²) in [6.07, 6.45) is 0. The van der Waals surface area contributed by atoms with Crippen LogP contribution in [0.15, 0.2) is 22.7 Å². The van der Waals surface area contributed by atoms with Crippen LogP contribution in [0.5, 0.6) is 5.75 Å². The van der Waals surface area contributed by atoms with Crippen LogP contribution in [-0.2, 0) is 9.59 Å². The summed E-state index contributed by atoms with van der Waals surface area (Å²) < 4.78 is 6.32. The average molecular weight is 356 g/mol. The molecular weight excluding hydrogens is 338 g/mol. The molecule has 0 bridgehead atoms. The van der Waals surface area contributed by atoms with Gasteiger partial charge in [-0.3, -0.25) is 9.59 Å². The van der Waals surface area contributed by atoms with Gasteiger partial charge in [0.1, 0.15) is 5.75 Å². The Morgan fingerprint density at radius 3 is 2.71 bits per heavy atom. The first-order chi connectivity index (χ1) is 9.88. The van der Waals surface area contributed by atoms with E-state index in [1.807, 2.05) is 25.1 Å². The van der Waals surface area contributed by atoms with Gasteiger partial charge in [0.05, 0.1) is 10.4 Å². The highest BCUT2D eigenvalue weighted by Gasteiger charge is 2.37. The molecule has 114 valence electrons. The third-order valence-electron chi connectivity index (χ3n) is 3.80. The first kappa shape index (κ1) is 15.8. The third-order valence-corrected chi connectivity index (χ3v) is 4.42. The Hall–Kier alpha value is -1.56. The summed E-state index contributed by atoms with van der Waals surface area (Å²) in [6, 6.07) is 5.66. The van der Waals surface area contributed by atoms with Gasteiger partial charge in [-0.05, 0) is 40.5 Å². The maximum atomic E-state index is 12.0. The summed E-state index contributed by atoms with van der Waals surface area (Å²) in [5.41, 5.74) is 1.11. The number of hydrogen-bond donors (Lipinski definition) is 1. The number of aliphatic carboxylic acids is 1. The lowest BCUT2D eigenvalue weighted by atomic mass is 9.87. The van der Waals surface area contributed by atoms with E-state index < -0.39 is 11.9 Å². The van der Waals surface area contributed by atoms with E-state index in [9.17, 15) is 9.59 Å². The van der Waals surface area contributed by atoms with Gasteiger partial charge in [-0.1, -0.05) is 13.0 Å². The first-order valence-corrected chi connectivity index (χ1v) is 7.57. The molecule has 6 heteroatoms. The van der Waals surface area contributed by atoms with Crippen LogP contribution >= 0.6 is 15.9 Å². The molecule has 5 nitrogen and oxygen atoms in total. The summed E-state index contributed by atoms with van der Waals surface area (Å²) in [6.45, 7) is 4.60. The summed E-state index contributed by atoms with van der Waals surface area (Å²) in [4.78, 5) is 24.4. The summed E-state index contributed by atoms with van der Waals surface area (Å²) >= 11 is 3.39. The number of carbonyl (C=O) groups is 2. The van der Waals surface area contributed by atoms with Crippen molar-refractivity contribution in [3.05, 3.63) is 28.2 Å². The van der Waals surface area contributed by atoms with Gasteiger partial charge in [-0.2, -0.15) is 0 Å². The molecule has 0 radical (unpaired) electrons. The van der Waals surface area contributed by atoms with Gasteiger partial charge in [0.15, 0.2) is 6.61 Å². The predicted molar refractivity (Wildman–Crippen MR) is 81.2 cm³/mol. The summed E-state index contributed by atoms with van der Waals surface area (Å²) in [5, 5.41) is 8.91. The Morgan fingerprint density at radius 1 is 1.48 bits per heavy atom. The molecule has 1 fully saturated rings. The Morgan fingerprint density at radius 2 is 2.14 bits per heavy atom. The number of rotatable bonds is 5. The van der Waals surface area contributed by atoms with Gasteiger partial charge >= 0.3 is 5.97 Å². The number of ether oxygens (including phenoxy) is 1. The molecule has 0 saturated carbocycles. The van der Waals surface area contributed by atoms with Crippen molar-refractivity contribution in [2.75, 3.05) is 19.7 Å². The van der Waals surface area contributed by atoms with Crippen molar-refractivity contribution in [2.24, 2.45) is 11.8 Å². The fourth-order valence-corrected chi connectivity index (χ4v) is 2.80. The zero-order valence-electron chi connectivity index (χ0n) is 12.0. The van der Waals surface area contributed by atoms with Gasteiger partial charge in [0.25, 0.3) is 5.91 Å². The SMILES string of the molecule is Cc1ccc(OCC(=O)N2CC(C(C)C(=O)O)C2)c(Br)c1. The molecule has 21 heavy (non-hydrogen) atoms. The molecule has 2 rings (SSSR count). The Labute approximate surface area is 132 Å². The number of benzene rings is 1. The minimum Gasteiger partial charge on any atom is -0.483 e. The number of carboxylic acids is 1. The van der Waals surface area contributed by atoms with E-state index in [-0.39, 0.29) is 18.4 Å². The minimum atomic E-state index is -0.813. The fourth-order valence-electron chi connectivity index (χ4n) is 2.19. The molecule has 1 unspecified atom stereocenters. The minimum absolute atomic E-state index is 0.0319. The largest absolute Gasteiger partial charge is 0.483 e. The van der Waals surface area contributed by atoms with Gasteiger partial charge in [-0.15, -0.1) is 0 Å². The molecule has 1 amide bonds. The molecule has 1 aliphatic rings. The predicted octanol–water partition coefficient (Wildman–Crippen LogP) is 2.32. The number of nitrogens with zero attached hydrogens (tertiary/aromatic N) is 1. The van der Waals surface area contributed by atoms with Crippen molar-refractivity contribution in [1.29, 1.82) is 0 Å². The normalized spacial score (nSPS) is 16.2. The number of likely N-dealkylation sites (tertiary alicyclic amines) is 1. The first-order valence-electron chi connectivity index (χ1n) is 6.78. The van der Waals surface area contributed by atoms with Crippen LogP contribution in [0.4, 0.5) is 0 Å². The van der Waals surface area contributed by atoms with Gasteiger partial charge in [0.2, 0.25) is 0 Å². The van der Waals surface area contributed by atoms with E-state index in [2.05, 4.69) is 15.9 Å². The van der Waals surface area contributed by atoms with Crippen LogP contribution in [0, 0.1) is 18.8 Å². The number of carbonyl (C=O) groups excluding carboxylic acids is 1. The lowest BCUT2D eigenvalue weighted by molar-refractivity contribution is -0.151. The number of hydrogen-bond acceptors (Lipinski definition) is 3. The van der Waals surface area contributed by atoms with Crippen LogP contribution in [-0.4, -0.2) is 41.6 Å². The molecule has 1 aliphatic heterocycles. The van der Waals surface area contributed by atoms with E-state index in [1.54, 1.807) is 11.8 Å². The van der Waals surface area contributed by atoms with Crippen molar-refractivity contribution in [2.45, 2.75) is 13.8 Å². The van der Waals surface area contributed by atoms with Crippen molar-refractivity contribution >= 4 is 27.8 Å². The monoisotopic (exact) mass is 355 g/mol. The van der Waals surface area contributed by atoms with Gasteiger partial charge in [-0.25, -0.2) is 0 Å². The maximum absolute atomic E-state index is 12.0. The Bertz CT molecular complexity index is 555. The molecule has 1 aromatic carbocycles. The van der Waals surface area contributed by atoms with E-state index in [0.717, 1.165) is 10.0 Å². The quantitative estimate of drug-likeness (QED) is 0.879. The van der Waals surface area contributed by atoms with Gasteiger partial charge in [0, 0.05) is 19.0 Å². The molecule has 0 spiro atoms. The van der Waals surface area contributed by atoms with Crippen LogP contribution in [0.3, 0.4) is 0 Å². The lowest BCUT2D eigenvalue weighted by Crippen LogP contribution is -2.54. The number of carboxylic acid groups (broad SMARTS) is 1. The molecule has 0 aromatic heterocycles. The second kappa shape index (κ2) is 6.47. The van der Waals surface area contributed by atoms with Crippen molar-refractivity contribution < 1.29 is 19.4 Å². The van der Waals surface area contributed by atoms with Crippen LogP contribution < -0.4 is 4.74 Å². The number of halogens is 1. The van der Waals surface area contributed by atoms with Gasteiger partial charge < -0.3 is 14.7 Å². The molecule has 1 atom stereocenters. The number of amides is 1. The summed E-state index contributed by atoms with van der Waals surface area (Å²) in [7, 11) is 0. The second-order valence-corrected chi connectivity index (χ2v) is 6.26. The van der Waals surface area contributed by atoms with E-state index >= 15 is 0 Å². The van der Waals surface area contributed by atoms with Crippen LogP contribution in [0.25, 0.3) is 0 Å². The van der Waals surface area contributed by atoms with Crippen molar-refractivity contribution in [3.8, 4) is 5.75 Å². The highest BCUT2D eigenvalue weighted by atomic mass is 79.9. The van der Waals surface area contributed by atoms with Crippen LogP contribution in [0.1, 0.15) is 12.5 Å². The highest BCUT2D eigenvalue weighted by molar-refractivity contribution is 9.10. The zero-order chi connectivity index (χ0) is 15.6. The molecule has 1 N–H and O–H groups in total. The number of aryl methyl sites for hydroxylation is 1. The smallest absolute Gasteiger partial charge is 0.306 e. The van der Waals surface area contributed by atoms with Crippen molar-refractivity contribution in [1.82, 2.24) is 4.90 Å². The Kier molecular flexibility index (Phi) is 4.88. The lowest BCUT2D eigenvalue weighted by Gasteiger charge is -2.41. The molecule has 1 heterocycles. The second-order valence-electron chi connectivity index (χ2n) is 5.41.